The zero-order chi connectivity index (χ0) is 20.9. The molecule has 0 aliphatic heterocycles. The predicted molar refractivity (Wildman–Crippen MR) is 116 cm³/mol. The highest BCUT2D eigenvalue weighted by Crippen LogP contribution is 2.31. The molecule has 6 aromatic rings. The second-order valence-electron chi connectivity index (χ2n) is 7.52. The third-order valence-corrected chi connectivity index (χ3v) is 5.68. The van der Waals surface area contributed by atoms with Gasteiger partial charge in [-0.1, -0.05) is 29.5 Å². The molecule has 6 rings (SSSR count). The van der Waals surface area contributed by atoms with Crippen molar-refractivity contribution >= 4 is 33.0 Å². The summed E-state index contributed by atoms with van der Waals surface area (Å²) in [7, 11) is 0. The fourth-order valence-electron chi connectivity index (χ4n) is 3.99. The first-order valence-corrected chi connectivity index (χ1v) is 9.90. The van der Waals surface area contributed by atoms with Crippen LogP contribution in [0.5, 0.6) is 0 Å². The number of benzene rings is 3. The minimum atomic E-state index is -0.261. The van der Waals surface area contributed by atoms with Gasteiger partial charge in [-0.25, -0.2) is 14.1 Å². The number of nitrogens with zero attached hydrogens (tertiary/aromatic N) is 5. The molecule has 7 heteroatoms. The molecule has 1 atom stereocenters. The van der Waals surface area contributed by atoms with E-state index in [0.29, 0.717) is 5.52 Å². The predicted octanol–water partition coefficient (Wildman–Crippen LogP) is 5.54. The maximum atomic E-state index is 13.4. The Morgan fingerprint density at radius 3 is 2.55 bits per heavy atom. The van der Waals surface area contributed by atoms with E-state index in [4.69, 9.17) is 4.42 Å². The standard InChI is InChI=1S/C24H16FN5O/c1-14(15-2-6-18(25)7-3-15)30-24-19-10-16(4-8-20(19)26-12-22(24)28-29-30)17-5-9-23-21(11-17)27-13-31-23/h2-14H,1H3. The quantitative estimate of drug-likeness (QED) is 0.384. The lowest BCUT2D eigenvalue weighted by Crippen LogP contribution is -2.09. The Balaban J connectivity index is 1.54. The largest absolute Gasteiger partial charge is 0.443 e. The summed E-state index contributed by atoms with van der Waals surface area (Å²) < 4.78 is 20.6. The van der Waals surface area contributed by atoms with Crippen LogP contribution in [-0.4, -0.2) is 25.0 Å². The average molecular weight is 409 g/mol. The van der Waals surface area contributed by atoms with Crippen LogP contribution in [0.2, 0.25) is 0 Å². The van der Waals surface area contributed by atoms with E-state index in [0.717, 1.165) is 44.2 Å². The van der Waals surface area contributed by atoms with Gasteiger partial charge >= 0.3 is 0 Å². The minimum absolute atomic E-state index is 0.119. The topological polar surface area (TPSA) is 69.6 Å². The lowest BCUT2D eigenvalue weighted by molar-refractivity contribution is 0.558. The monoisotopic (exact) mass is 409 g/mol. The lowest BCUT2D eigenvalue weighted by Gasteiger charge is -2.14. The third-order valence-electron chi connectivity index (χ3n) is 5.68. The summed E-state index contributed by atoms with van der Waals surface area (Å²) in [4.78, 5) is 8.81. The van der Waals surface area contributed by atoms with E-state index in [1.807, 2.05) is 41.9 Å². The molecule has 0 spiro atoms. The summed E-state index contributed by atoms with van der Waals surface area (Å²) >= 11 is 0. The van der Waals surface area contributed by atoms with Crippen molar-refractivity contribution in [2.75, 3.05) is 0 Å². The molecule has 0 saturated carbocycles. The molecule has 3 aromatic carbocycles. The summed E-state index contributed by atoms with van der Waals surface area (Å²) in [5, 5.41) is 9.67. The van der Waals surface area contributed by atoms with E-state index in [1.165, 1.54) is 18.5 Å². The molecule has 0 amide bonds. The number of hydrogen-bond acceptors (Lipinski definition) is 5. The van der Waals surface area contributed by atoms with Crippen LogP contribution in [0.3, 0.4) is 0 Å². The van der Waals surface area contributed by atoms with Crippen LogP contribution in [0, 0.1) is 5.82 Å². The Morgan fingerprint density at radius 1 is 0.871 bits per heavy atom. The van der Waals surface area contributed by atoms with E-state index < -0.39 is 0 Å². The van der Waals surface area contributed by atoms with Crippen LogP contribution < -0.4 is 0 Å². The molecular weight excluding hydrogens is 393 g/mol. The number of halogens is 1. The van der Waals surface area contributed by atoms with E-state index in [9.17, 15) is 4.39 Å². The molecule has 3 aromatic heterocycles. The molecule has 0 aliphatic carbocycles. The van der Waals surface area contributed by atoms with Crippen LogP contribution in [0.1, 0.15) is 18.5 Å². The highest BCUT2D eigenvalue weighted by atomic mass is 19.1. The van der Waals surface area contributed by atoms with Crippen LogP contribution >= 0.6 is 0 Å². The molecule has 0 radical (unpaired) electrons. The van der Waals surface area contributed by atoms with Crippen LogP contribution in [0.15, 0.2) is 77.7 Å². The van der Waals surface area contributed by atoms with Crippen LogP contribution in [0.4, 0.5) is 4.39 Å². The Labute approximate surface area is 176 Å². The first-order valence-electron chi connectivity index (χ1n) is 9.90. The van der Waals surface area contributed by atoms with Gasteiger partial charge in [0.15, 0.2) is 12.0 Å². The summed E-state index contributed by atoms with van der Waals surface area (Å²) in [5.74, 6) is -0.261. The van der Waals surface area contributed by atoms with E-state index in [2.05, 4.69) is 26.3 Å². The van der Waals surface area contributed by atoms with E-state index in [-0.39, 0.29) is 11.9 Å². The normalized spacial score (nSPS) is 12.7. The number of hydrogen-bond donors (Lipinski definition) is 0. The van der Waals surface area contributed by atoms with Crippen molar-refractivity contribution in [3.63, 3.8) is 0 Å². The molecule has 0 fully saturated rings. The van der Waals surface area contributed by atoms with Crippen molar-refractivity contribution in [3.8, 4) is 11.1 Å². The highest BCUT2D eigenvalue weighted by molar-refractivity contribution is 6.03. The molecule has 6 nitrogen and oxygen atoms in total. The third kappa shape index (κ3) is 2.85. The Hall–Kier alpha value is -4.13. The van der Waals surface area contributed by atoms with Gasteiger partial charge in [0.1, 0.15) is 22.4 Å². The molecular formula is C24H16FN5O. The number of oxazole rings is 1. The average Bonchev–Trinajstić information content (AvgIpc) is 3.45. The fourth-order valence-corrected chi connectivity index (χ4v) is 3.99. The van der Waals surface area contributed by atoms with Crippen molar-refractivity contribution in [1.82, 2.24) is 25.0 Å². The SMILES string of the molecule is CC(c1ccc(F)cc1)n1nnc2cnc3ccc(-c4ccc5ocnc5c4)cc3c21. The first-order chi connectivity index (χ1) is 15.2. The number of pyridine rings is 1. The van der Waals surface area contributed by atoms with Crippen molar-refractivity contribution in [2.45, 2.75) is 13.0 Å². The summed E-state index contributed by atoms with van der Waals surface area (Å²) in [5.41, 5.74) is 7.05. The maximum absolute atomic E-state index is 13.4. The van der Waals surface area contributed by atoms with Gasteiger partial charge < -0.3 is 4.42 Å². The lowest BCUT2D eigenvalue weighted by atomic mass is 10.0. The Bertz CT molecular complexity index is 1570. The van der Waals surface area contributed by atoms with Gasteiger partial charge in [-0.15, -0.1) is 5.10 Å². The summed E-state index contributed by atoms with van der Waals surface area (Å²) in [6, 6.07) is 18.4. The molecule has 150 valence electrons. The van der Waals surface area contributed by atoms with Gasteiger partial charge in [0.25, 0.3) is 0 Å². The second kappa shape index (κ2) is 6.70. The zero-order valence-corrected chi connectivity index (χ0v) is 16.5. The molecule has 31 heavy (non-hydrogen) atoms. The molecule has 3 heterocycles. The Morgan fingerprint density at radius 2 is 1.68 bits per heavy atom. The summed E-state index contributed by atoms with van der Waals surface area (Å²) in [6.45, 7) is 2.02. The smallest absolute Gasteiger partial charge is 0.181 e. The van der Waals surface area contributed by atoms with E-state index in [1.54, 1.807) is 18.3 Å². The van der Waals surface area contributed by atoms with E-state index >= 15 is 0 Å². The van der Waals surface area contributed by atoms with Gasteiger partial charge in [0.05, 0.1) is 17.8 Å². The zero-order valence-electron chi connectivity index (χ0n) is 16.5. The van der Waals surface area contributed by atoms with Crippen LogP contribution in [0.25, 0.3) is 44.2 Å². The number of fused-ring (bicyclic) bond motifs is 4. The van der Waals surface area contributed by atoms with Crippen molar-refractivity contribution in [2.24, 2.45) is 0 Å². The molecule has 0 bridgehead atoms. The molecule has 0 N–H and O–H groups in total. The fraction of sp³-hybridized carbons (Fsp3) is 0.0833. The van der Waals surface area contributed by atoms with Gasteiger partial charge in [-0.05, 0) is 60.0 Å². The van der Waals surface area contributed by atoms with Gasteiger partial charge in [0.2, 0.25) is 0 Å². The van der Waals surface area contributed by atoms with Gasteiger partial charge in [-0.3, -0.25) is 4.98 Å². The molecule has 0 saturated heterocycles. The van der Waals surface area contributed by atoms with Gasteiger partial charge in [-0.2, -0.15) is 0 Å². The van der Waals surface area contributed by atoms with Crippen molar-refractivity contribution in [1.29, 1.82) is 0 Å². The van der Waals surface area contributed by atoms with Crippen molar-refractivity contribution in [3.05, 3.63) is 84.6 Å². The second-order valence-corrected chi connectivity index (χ2v) is 7.52. The molecule has 1 unspecified atom stereocenters. The first kappa shape index (κ1) is 17.7. The number of aromatic nitrogens is 5. The Kier molecular flexibility index (Phi) is 3.83. The highest BCUT2D eigenvalue weighted by Gasteiger charge is 2.17. The molecule has 0 aliphatic rings. The van der Waals surface area contributed by atoms with Crippen LogP contribution in [-0.2, 0) is 0 Å². The maximum Gasteiger partial charge on any atom is 0.181 e. The minimum Gasteiger partial charge on any atom is -0.443 e. The van der Waals surface area contributed by atoms with Crippen molar-refractivity contribution < 1.29 is 8.81 Å². The number of rotatable bonds is 3. The van der Waals surface area contributed by atoms with Gasteiger partial charge in [0, 0.05) is 5.39 Å². The summed E-state index contributed by atoms with van der Waals surface area (Å²) in [6.07, 6.45) is 3.18.